The molecule has 20 heavy (non-hydrogen) atoms. The molecule has 0 saturated heterocycles. The summed E-state index contributed by atoms with van der Waals surface area (Å²) in [4.78, 5) is 22.2. The zero-order valence-electron chi connectivity index (χ0n) is 11.3. The molecule has 0 spiro atoms. The molecule has 0 aliphatic heterocycles. The van der Waals surface area contributed by atoms with Gasteiger partial charge in [-0.25, -0.2) is 4.79 Å². The number of hydrogen-bond acceptors (Lipinski definition) is 4. The SMILES string of the molecule is CCOC(=O)C(=O)/C=C/C=C(\[O-])c1ccc(Cl)cc1.[Na+]. The van der Waals surface area contributed by atoms with Gasteiger partial charge < -0.3 is 9.84 Å². The van der Waals surface area contributed by atoms with Crippen molar-refractivity contribution in [1.82, 2.24) is 0 Å². The van der Waals surface area contributed by atoms with Crippen LogP contribution in [0, 0.1) is 0 Å². The second-order valence-corrected chi connectivity index (χ2v) is 3.92. The van der Waals surface area contributed by atoms with Crippen molar-refractivity contribution < 1.29 is 49.0 Å². The first-order valence-corrected chi connectivity index (χ1v) is 5.94. The second kappa shape index (κ2) is 9.77. The predicted molar refractivity (Wildman–Crippen MR) is 70.2 cm³/mol. The van der Waals surface area contributed by atoms with Crippen LogP contribution in [0.4, 0.5) is 0 Å². The standard InChI is InChI=1S/C14H13ClO4.Na/c1-2-19-14(18)13(17)5-3-4-12(16)10-6-8-11(15)9-7-10;/h3-9,16H,2H2,1H3;/q;+1/p-1/b5-3+,12-4-;. The Labute approximate surface area is 144 Å². The van der Waals surface area contributed by atoms with E-state index in [0.717, 1.165) is 6.08 Å². The number of carbonyl (C=O) groups excluding carboxylic acids is 2. The minimum absolute atomic E-state index is 0. The minimum atomic E-state index is -0.939. The van der Waals surface area contributed by atoms with Gasteiger partial charge in [-0.1, -0.05) is 35.9 Å². The number of ketones is 1. The van der Waals surface area contributed by atoms with E-state index in [2.05, 4.69) is 4.74 Å². The Balaban J connectivity index is 0.00000361. The van der Waals surface area contributed by atoms with E-state index < -0.39 is 11.8 Å². The molecule has 100 valence electrons. The van der Waals surface area contributed by atoms with Gasteiger partial charge in [0, 0.05) is 5.02 Å². The molecule has 4 nitrogen and oxygen atoms in total. The molecule has 0 heterocycles. The molecule has 1 rings (SSSR count). The third kappa shape index (κ3) is 6.39. The minimum Gasteiger partial charge on any atom is -0.872 e. The van der Waals surface area contributed by atoms with Gasteiger partial charge in [0.1, 0.15) is 0 Å². The molecular formula is C14H12ClNaO4. The zero-order chi connectivity index (χ0) is 14.3. The van der Waals surface area contributed by atoms with Gasteiger partial charge in [0.15, 0.2) is 0 Å². The van der Waals surface area contributed by atoms with Crippen LogP contribution in [0.25, 0.3) is 5.76 Å². The maximum atomic E-state index is 11.7. The smallest absolute Gasteiger partial charge is 0.872 e. The monoisotopic (exact) mass is 302 g/mol. The fourth-order valence-electron chi connectivity index (χ4n) is 1.20. The van der Waals surface area contributed by atoms with Gasteiger partial charge in [0.05, 0.1) is 6.61 Å². The molecule has 0 radical (unpaired) electrons. The number of ether oxygens (including phenoxy) is 1. The maximum absolute atomic E-state index is 11.7. The number of esters is 1. The molecule has 1 aromatic rings. The Morgan fingerprint density at radius 1 is 1.30 bits per heavy atom. The maximum Gasteiger partial charge on any atom is 1.00 e. The number of carbonyl (C=O) groups is 2. The molecule has 0 atom stereocenters. The summed E-state index contributed by atoms with van der Waals surface area (Å²) in [5, 5.41) is 12.2. The van der Waals surface area contributed by atoms with Crippen molar-refractivity contribution in [2.75, 3.05) is 6.61 Å². The Bertz CT molecular complexity index is 520. The van der Waals surface area contributed by atoms with Crippen molar-refractivity contribution in [3.8, 4) is 0 Å². The van der Waals surface area contributed by atoms with Gasteiger partial charge in [0.2, 0.25) is 0 Å². The number of allylic oxidation sites excluding steroid dienone is 2. The van der Waals surface area contributed by atoms with Gasteiger partial charge in [-0.3, -0.25) is 4.79 Å². The molecule has 0 aliphatic rings. The molecule has 0 fully saturated rings. The summed E-state index contributed by atoms with van der Waals surface area (Å²) >= 11 is 5.70. The van der Waals surface area contributed by atoms with Crippen LogP contribution in [0.5, 0.6) is 0 Å². The van der Waals surface area contributed by atoms with Crippen LogP contribution >= 0.6 is 11.6 Å². The number of benzene rings is 1. The van der Waals surface area contributed by atoms with Crippen LogP contribution in [0.2, 0.25) is 5.02 Å². The van der Waals surface area contributed by atoms with E-state index >= 15 is 0 Å². The first kappa shape index (κ1) is 18.9. The van der Waals surface area contributed by atoms with Crippen LogP contribution in [0.3, 0.4) is 0 Å². The molecule has 1 aromatic carbocycles. The van der Waals surface area contributed by atoms with E-state index in [4.69, 9.17) is 11.6 Å². The molecule has 0 aromatic heterocycles. The van der Waals surface area contributed by atoms with E-state index in [9.17, 15) is 14.7 Å². The summed E-state index contributed by atoms with van der Waals surface area (Å²) < 4.78 is 4.51. The third-order valence-electron chi connectivity index (χ3n) is 2.10. The molecule has 0 unspecified atom stereocenters. The van der Waals surface area contributed by atoms with Crippen LogP contribution in [-0.2, 0) is 14.3 Å². The molecule has 0 amide bonds. The zero-order valence-corrected chi connectivity index (χ0v) is 14.0. The van der Waals surface area contributed by atoms with Crippen molar-refractivity contribution in [3.05, 3.63) is 53.1 Å². The summed E-state index contributed by atoms with van der Waals surface area (Å²) in [5.74, 6) is -2.03. The van der Waals surface area contributed by atoms with E-state index in [1.54, 1.807) is 31.2 Å². The Morgan fingerprint density at radius 2 is 1.90 bits per heavy atom. The quantitative estimate of drug-likeness (QED) is 0.170. The van der Waals surface area contributed by atoms with Crippen molar-refractivity contribution >= 4 is 29.1 Å². The van der Waals surface area contributed by atoms with Crippen LogP contribution < -0.4 is 34.7 Å². The fourth-order valence-corrected chi connectivity index (χ4v) is 1.33. The third-order valence-corrected chi connectivity index (χ3v) is 2.35. The Hall–Kier alpha value is -1.07. The largest absolute Gasteiger partial charge is 1.00 e. The van der Waals surface area contributed by atoms with Gasteiger partial charge in [-0.2, -0.15) is 0 Å². The average molecular weight is 303 g/mol. The van der Waals surface area contributed by atoms with Gasteiger partial charge in [-0.15, -0.1) is 5.76 Å². The molecule has 0 saturated carbocycles. The summed E-state index contributed by atoms with van der Waals surface area (Å²) in [6, 6.07) is 6.33. The van der Waals surface area contributed by atoms with E-state index in [-0.39, 0.29) is 41.9 Å². The number of hydrogen-bond donors (Lipinski definition) is 0. The Kier molecular flexibility index (Phi) is 9.25. The van der Waals surface area contributed by atoms with Gasteiger partial charge in [-0.05, 0) is 30.7 Å². The van der Waals surface area contributed by atoms with Gasteiger partial charge >= 0.3 is 35.5 Å². The summed E-state index contributed by atoms with van der Waals surface area (Å²) in [7, 11) is 0. The molecular weight excluding hydrogens is 291 g/mol. The first-order valence-electron chi connectivity index (χ1n) is 5.57. The topological polar surface area (TPSA) is 66.4 Å². The number of rotatable bonds is 5. The van der Waals surface area contributed by atoms with Gasteiger partial charge in [0.25, 0.3) is 5.78 Å². The Morgan fingerprint density at radius 3 is 2.45 bits per heavy atom. The van der Waals surface area contributed by atoms with Crippen LogP contribution in [-0.4, -0.2) is 18.4 Å². The summed E-state index contributed by atoms with van der Waals surface area (Å²) in [6.45, 7) is 1.73. The van der Waals surface area contributed by atoms with Crippen molar-refractivity contribution in [3.63, 3.8) is 0 Å². The van der Waals surface area contributed by atoms with Crippen molar-refractivity contribution in [2.45, 2.75) is 6.92 Å². The first-order chi connectivity index (χ1) is 9.04. The predicted octanol–water partition coefficient (Wildman–Crippen LogP) is -1.27. The average Bonchev–Trinajstić information content (AvgIpc) is 2.39. The molecule has 0 bridgehead atoms. The molecule has 0 N–H and O–H groups in total. The van der Waals surface area contributed by atoms with E-state index in [1.807, 2.05) is 0 Å². The summed E-state index contributed by atoms with van der Waals surface area (Å²) in [5.41, 5.74) is 0.442. The van der Waals surface area contributed by atoms with Crippen LogP contribution in [0.15, 0.2) is 42.5 Å². The summed E-state index contributed by atoms with van der Waals surface area (Å²) in [6.07, 6.45) is 3.41. The fraction of sp³-hybridized carbons (Fsp3) is 0.143. The van der Waals surface area contributed by atoms with Crippen LogP contribution in [0.1, 0.15) is 12.5 Å². The second-order valence-electron chi connectivity index (χ2n) is 3.48. The normalized spacial score (nSPS) is 11.0. The van der Waals surface area contributed by atoms with Crippen molar-refractivity contribution in [2.24, 2.45) is 0 Å². The molecule has 6 heteroatoms. The number of halogens is 1. The van der Waals surface area contributed by atoms with E-state index in [1.165, 1.54) is 12.2 Å². The van der Waals surface area contributed by atoms with E-state index in [0.29, 0.717) is 10.6 Å². The molecule has 0 aliphatic carbocycles. The van der Waals surface area contributed by atoms with Crippen molar-refractivity contribution in [1.29, 1.82) is 0 Å².